The number of ether oxygens (including phenoxy) is 1. The first kappa shape index (κ1) is 24.3. The van der Waals surface area contributed by atoms with Crippen LogP contribution < -0.4 is 4.74 Å². The molecule has 2 nitrogen and oxygen atoms in total. The Morgan fingerprint density at radius 1 is 0.633 bits per heavy atom. The zero-order chi connectivity index (χ0) is 21.4. The molecular weight excluding hydrogens is 368 g/mol. The summed E-state index contributed by atoms with van der Waals surface area (Å²) in [5.41, 5.74) is 1.29. The third-order valence-electron chi connectivity index (χ3n) is 6.01. The molecule has 2 aromatic rings. The average molecular weight is 411 g/mol. The Morgan fingerprint density at radius 3 is 1.83 bits per heavy atom. The molecule has 0 amide bonds. The van der Waals surface area contributed by atoms with Crippen molar-refractivity contribution in [2.45, 2.75) is 103 Å². The molecule has 2 heteroatoms. The minimum absolute atomic E-state index is 0.191. The molecule has 2 aromatic carbocycles. The van der Waals surface area contributed by atoms with Gasteiger partial charge in [0.2, 0.25) is 0 Å². The van der Waals surface area contributed by atoms with Crippen LogP contribution in [0.5, 0.6) is 17.2 Å². The van der Waals surface area contributed by atoms with E-state index < -0.39 is 0 Å². The fourth-order valence-electron chi connectivity index (χ4n) is 4.18. The SMILES string of the molecule is CCCCCCCCCCCC(CCCC)c1ccccc1Oc1ccccc1O. The van der Waals surface area contributed by atoms with Crippen LogP contribution in [0.3, 0.4) is 0 Å². The Kier molecular flexibility index (Phi) is 12.1. The molecule has 0 bridgehead atoms. The third-order valence-corrected chi connectivity index (χ3v) is 6.01. The smallest absolute Gasteiger partial charge is 0.169 e. The second-order valence-corrected chi connectivity index (χ2v) is 8.56. The van der Waals surface area contributed by atoms with Crippen LogP contribution in [0.1, 0.15) is 109 Å². The van der Waals surface area contributed by atoms with E-state index in [9.17, 15) is 5.11 Å². The van der Waals surface area contributed by atoms with Gasteiger partial charge in [-0.05, 0) is 42.5 Å². The predicted molar refractivity (Wildman–Crippen MR) is 129 cm³/mol. The highest BCUT2D eigenvalue weighted by Gasteiger charge is 2.17. The lowest BCUT2D eigenvalue weighted by atomic mass is 9.88. The first-order valence-corrected chi connectivity index (χ1v) is 12.3. The molecule has 0 saturated carbocycles. The van der Waals surface area contributed by atoms with Gasteiger partial charge in [-0.25, -0.2) is 0 Å². The van der Waals surface area contributed by atoms with Crippen molar-refractivity contribution in [2.24, 2.45) is 0 Å². The van der Waals surface area contributed by atoms with Gasteiger partial charge in [-0.15, -0.1) is 0 Å². The van der Waals surface area contributed by atoms with E-state index in [1.165, 1.54) is 89.0 Å². The van der Waals surface area contributed by atoms with E-state index in [1.54, 1.807) is 6.07 Å². The van der Waals surface area contributed by atoms with Crippen molar-refractivity contribution in [1.82, 2.24) is 0 Å². The Labute approximate surface area is 184 Å². The Morgan fingerprint density at radius 2 is 1.17 bits per heavy atom. The van der Waals surface area contributed by atoms with Crippen LogP contribution >= 0.6 is 0 Å². The van der Waals surface area contributed by atoms with Crippen molar-refractivity contribution in [2.75, 3.05) is 0 Å². The highest BCUT2D eigenvalue weighted by Crippen LogP contribution is 2.38. The molecule has 30 heavy (non-hydrogen) atoms. The molecule has 0 radical (unpaired) electrons. The van der Waals surface area contributed by atoms with Crippen LogP contribution in [-0.4, -0.2) is 5.11 Å². The van der Waals surface area contributed by atoms with Crippen molar-refractivity contribution < 1.29 is 9.84 Å². The van der Waals surface area contributed by atoms with Crippen LogP contribution in [0.25, 0.3) is 0 Å². The summed E-state index contributed by atoms with van der Waals surface area (Å²) in [6.07, 6.45) is 17.2. The quantitative estimate of drug-likeness (QED) is 0.279. The second-order valence-electron chi connectivity index (χ2n) is 8.56. The van der Waals surface area contributed by atoms with Gasteiger partial charge >= 0.3 is 0 Å². The molecule has 0 spiro atoms. The van der Waals surface area contributed by atoms with Gasteiger partial charge in [-0.2, -0.15) is 0 Å². The van der Waals surface area contributed by atoms with Gasteiger partial charge in [0.05, 0.1) is 0 Å². The Balaban J connectivity index is 1.90. The third kappa shape index (κ3) is 8.81. The van der Waals surface area contributed by atoms with E-state index in [0.29, 0.717) is 11.7 Å². The maximum absolute atomic E-state index is 10.1. The molecule has 0 aromatic heterocycles. The van der Waals surface area contributed by atoms with Crippen molar-refractivity contribution >= 4 is 0 Å². The first-order chi connectivity index (χ1) is 14.8. The van der Waals surface area contributed by atoms with Crippen molar-refractivity contribution in [3.63, 3.8) is 0 Å². The maximum atomic E-state index is 10.1. The molecule has 0 saturated heterocycles. The zero-order valence-corrected chi connectivity index (χ0v) is 19.2. The number of aromatic hydroxyl groups is 1. The van der Waals surface area contributed by atoms with Crippen molar-refractivity contribution in [3.8, 4) is 17.2 Å². The van der Waals surface area contributed by atoms with Gasteiger partial charge < -0.3 is 9.84 Å². The lowest BCUT2D eigenvalue weighted by Gasteiger charge is -2.21. The topological polar surface area (TPSA) is 29.5 Å². The largest absolute Gasteiger partial charge is 0.504 e. The van der Waals surface area contributed by atoms with E-state index >= 15 is 0 Å². The maximum Gasteiger partial charge on any atom is 0.169 e. The van der Waals surface area contributed by atoms with E-state index in [2.05, 4.69) is 26.0 Å². The van der Waals surface area contributed by atoms with Crippen LogP contribution in [0, 0.1) is 0 Å². The molecule has 0 aliphatic heterocycles. The highest BCUT2D eigenvalue weighted by atomic mass is 16.5. The van der Waals surface area contributed by atoms with E-state index in [-0.39, 0.29) is 5.75 Å². The molecule has 0 aliphatic rings. The summed E-state index contributed by atoms with van der Waals surface area (Å²) in [6.45, 7) is 4.54. The van der Waals surface area contributed by atoms with Gasteiger partial charge in [0.1, 0.15) is 5.75 Å². The summed E-state index contributed by atoms with van der Waals surface area (Å²) in [5, 5.41) is 10.1. The molecule has 1 N–H and O–H groups in total. The fraction of sp³-hybridized carbons (Fsp3) is 0.571. The standard InChI is InChI=1S/C28H42O2/c1-3-5-7-8-9-10-11-12-13-19-24(18-6-4-2)25-20-14-16-22-27(25)30-28-23-17-15-21-26(28)29/h14-17,20-24,29H,3-13,18-19H2,1-2H3. The minimum atomic E-state index is 0.191. The normalized spacial score (nSPS) is 12.1. The summed E-state index contributed by atoms with van der Waals surface area (Å²) in [4.78, 5) is 0. The Bertz CT molecular complexity index is 695. The number of phenolic OH excluding ortho intramolecular Hbond substituents is 1. The molecule has 0 heterocycles. The second kappa shape index (κ2) is 14.9. The molecule has 2 rings (SSSR count). The van der Waals surface area contributed by atoms with Crippen LogP contribution in [0.15, 0.2) is 48.5 Å². The van der Waals surface area contributed by atoms with Gasteiger partial charge in [-0.3, -0.25) is 0 Å². The van der Waals surface area contributed by atoms with Gasteiger partial charge in [-0.1, -0.05) is 115 Å². The van der Waals surface area contributed by atoms with Crippen LogP contribution in [0.2, 0.25) is 0 Å². The number of hydrogen-bond donors (Lipinski definition) is 1. The van der Waals surface area contributed by atoms with Gasteiger partial charge in [0.25, 0.3) is 0 Å². The summed E-state index contributed by atoms with van der Waals surface area (Å²) in [6, 6.07) is 15.6. The monoisotopic (exact) mass is 410 g/mol. The van der Waals surface area contributed by atoms with Gasteiger partial charge in [0, 0.05) is 0 Å². The number of unbranched alkanes of at least 4 members (excludes halogenated alkanes) is 9. The average Bonchev–Trinajstić information content (AvgIpc) is 2.77. The van der Waals surface area contributed by atoms with E-state index in [0.717, 1.165) is 5.75 Å². The number of phenols is 1. The lowest BCUT2D eigenvalue weighted by Crippen LogP contribution is -2.02. The van der Waals surface area contributed by atoms with Crippen molar-refractivity contribution in [1.29, 1.82) is 0 Å². The van der Waals surface area contributed by atoms with E-state index in [4.69, 9.17) is 4.74 Å². The number of para-hydroxylation sites is 3. The summed E-state index contributed by atoms with van der Waals surface area (Å²) >= 11 is 0. The van der Waals surface area contributed by atoms with Crippen molar-refractivity contribution in [3.05, 3.63) is 54.1 Å². The molecule has 0 fully saturated rings. The predicted octanol–water partition coefficient (Wildman–Crippen LogP) is 9.38. The zero-order valence-electron chi connectivity index (χ0n) is 19.2. The van der Waals surface area contributed by atoms with Gasteiger partial charge in [0.15, 0.2) is 11.5 Å². The summed E-state index contributed by atoms with van der Waals surface area (Å²) in [5.74, 6) is 2.13. The highest BCUT2D eigenvalue weighted by molar-refractivity contribution is 5.45. The molecule has 1 atom stereocenters. The molecular formula is C28H42O2. The summed E-state index contributed by atoms with van der Waals surface area (Å²) in [7, 11) is 0. The van der Waals surface area contributed by atoms with Crippen LogP contribution in [-0.2, 0) is 0 Å². The fourth-order valence-corrected chi connectivity index (χ4v) is 4.18. The Hall–Kier alpha value is -1.96. The summed E-state index contributed by atoms with van der Waals surface area (Å²) < 4.78 is 6.14. The lowest BCUT2D eigenvalue weighted by molar-refractivity contribution is 0.402. The molecule has 1 unspecified atom stereocenters. The molecule has 166 valence electrons. The number of benzene rings is 2. The number of hydrogen-bond acceptors (Lipinski definition) is 2. The molecule has 0 aliphatic carbocycles. The van der Waals surface area contributed by atoms with Crippen LogP contribution in [0.4, 0.5) is 0 Å². The number of rotatable bonds is 16. The minimum Gasteiger partial charge on any atom is -0.504 e. The first-order valence-electron chi connectivity index (χ1n) is 12.3. The van der Waals surface area contributed by atoms with E-state index in [1.807, 2.05) is 30.3 Å².